The molecule has 0 atom stereocenters. The smallest absolute Gasteiger partial charge is 0.335 e. The first-order valence-electron chi connectivity index (χ1n) is 5.04. The number of nitrogen functional groups attached to an aromatic ring is 2. The fourth-order valence-corrected chi connectivity index (χ4v) is 1.60. The molecule has 0 aliphatic rings. The van der Waals surface area contributed by atoms with Crippen molar-refractivity contribution in [1.82, 2.24) is 0 Å². The molecule has 4 nitrogen and oxygen atoms in total. The molecule has 2 aromatic carbocycles. The largest absolute Gasteiger partial charge is 0.423 e. The lowest BCUT2D eigenvalue weighted by atomic mass is 10.1. The van der Waals surface area contributed by atoms with Crippen molar-refractivity contribution in [1.29, 1.82) is 0 Å². The Morgan fingerprint density at radius 3 is 2.65 bits per heavy atom. The Bertz CT molecular complexity index is 606. The van der Waals surface area contributed by atoms with E-state index >= 15 is 0 Å². The fraction of sp³-hybridized carbons (Fsp3) is 0. The maximum Gasteiger partial charge on any atom is 0.335 e. The monoisotopic (exact) mass is 228 g/mol. The van der Waals surface area contributed by atoms with Crippen molar-refractivity contribution >= 4 is 28.1 Å². The van der Waals surface area contributed by atoms with Crippen LogP contribution in [0.1, 0.15) is 0 Å². The minimum Gasteiger partial charge on any atom is -0.423 e. The number of ether oxygens (including phenoxy) is 1. The minimum atomic E-state index is -0.507. The molecule has 0 bridgehead atoms. The van der Waals surface area contributed by atoms with E-state index in [1.54, 1.807) is 30.3 Å². The van der Waals surface area contributed by atoms with E-state index in [1.807, 2.05) is 0 Å². The van der Waals surface area contributed by atoms with Gasteiger partial charge in [0, 0.05) is 28.2 Å². The molecule has 0 spiro atoms. The van der Waals surface area contributed by atoms with E-state index in [2.05, 4.69) is 6.58 Å². The molecule has 4 N–H and O–H groups in total. The Morgan fingerprint density at radius 2 is 1.94 bits per heavy atom. The molecule has 0 radical (unpaired) electrons. The average Bonchev–Trinajstić information content (AvgIpc) is 2.33. The van der Waals surface area contributed by atoms with Gasteiger partial charge in [-0.05, 0) is 30.3 Å². The molecule has 0 aliphatic carbocycles. The number of esters is 1. The van der Waals surface area contributed by atoms with Crippen LogP contribution in [0.5, 0.6) is 5.75 Å². The predicted octanol–water partition coefficient (Wildman–Crippen LogP) is 2.10. The molecule has 0 fully saturated rings. The third-order valence-corrected chi connectivity index (χ3v) is 2.41. The van der Waals surface area contributed by atoms with E-state index in [4.69, 9.17) is 16.2 Å². The number of carbonyl (C=O) groups is 1. The van der Waals surface area contributed by atoms with Gasteiger partial charge in [0.15, 0.2) is 0 Å². The zero-order valence-electron chi connectivity index (χ0n) is 9.14. The predicted molar refractivity (Wildman–Crippen MR) is 68.6 cm³/mol. The Balaban J connectivity index is 2.61. The van der Waals surface area contributed by atoms with Gasteiger partial charge in [0.05, 0.1) is 0 Å². The summed E-state index contributed by atoms with van der Waals surface area (Å²) in [6.45, 7) is 3.35. The molecule has 17 heavy (non-hydrogen) atoms. The molecule has 0 saturated carbocycles. The second kappa shape index (κ2) is 4.17. The highest BCUT2D eigenvalue weighted by molar-refractivity contribution is 6.00. The van der Waals surface area contributed by atoms with E-state index in [-0.39, 0.29) is 0 Å². The third kappa shape index (κ3) is 2.06. The van der Waals surface area contributed by atoms with E-state index in [1.165, 1.54) is 0 Å². The molecular formula is C13H12N2O2. The van der Waals surface area contributed by atoms with Gasteiger partial charge in [-0.2, -0.15) is 0 Å². The molecule has 2 aromatic rings. The quantitative estimate of drug-likeness (QED) is 0.357. The highest BCUT2D eigenvalue weighted by atomic mass is 16.5. The molecule has 0 unspecified atom stereocenters. The van der Waals surface area contributed by atoms with Crippen LogP contribution >= 0.6 is 0 Å². The van der Waals surface area contributed by atoms with E-state index in [0.29, 0.717) is 17.1 Å². The standard InChI is InChI=1S/C13H12N2O2/c1-2-13(16)17-12-6-5-11(15)10-7-8(14)3-4-9(10)12/h2-7H,1,14-15H2. The minimum absolute atomic E-state index is 0.444. The average molecular weight is 228 g/mol. The summed E-state index contributed by atoms with van der Waals surface area (Å²) in [4.78, 5) is 11.2. The summed E-state index contributed by atoms with van der Waals surface area (Å²) in [5.41, 5.74) is 12.7. The maximum atomic E-state index is 11.2. The van der Waals surface area contributed by atoms with Crippen LogP contribution in [0, 0.1) is 0 Å². The number of rotatable bonds is 2. The first-order chi connectivity index (χ1) is 8.11. The highest BCUT2D eigenvalue weighted by Crippen LogP contribution is 2.31. The molecule has 0 aromatic heterocycles. The summed E-state index contributed by atoms with van der Waals surface area (Å²) in [6.07, 6.45) is 1.11. The van der Waals surface area contributed by atoms with Gasteiger partial charge in [0.2, 0.25) is 0 Å². The number of nitrogens with two attached hydrogens (primary N) is 2. The van der Waals surface area contributed by atoms with Gasteiger partial charge in [-0.25, -0.2) is 4.79 Å². The van der Waals surface area contributed by atoms with Gasteiger partial charge >= 0.3 is 5.97 Å². The lowest BCUT2D eigenvalue weighted by molar-refractivity contribution is -0.128. The van der Waals surface area contributed by atoms with Crippen LogP contribution in [-0.2, 0) is 4.79 Å². The van der Waals surface area contributed by atoms with Crippen molar-refractivity contribution in [3.8, 4) is 5.75 Å². The van der Waals surface area contributed by atoms with Crippen LogP contribution in [0.2, 0.25) is 0 Å². The Labute approximate surface area is 98.5 Å². The number of carbonyl (C=O) groups excluding carboxylic acids is 1. The summed E-state index contributed by atoms with van der Waals surface area (Å²) in [7, 11) is 0. The summed E-state index contributed by atoms with van der Waals surface area (Å²) in [6, 6.07) is 8.57. The number of anilines is 2. The van der Waals surface area contributed by atoms with Gasteiger partial charge in [-0.15, -0.1) is 0 Å². The van der Waals surface area contributed by atoms with Crippen LogP contribution in [0.3, 0.4) is 0 Å². The molecule has 0 aliphatic heterocycles. The van der Waals surface area contributed by atoms with Crippen LogP contribution in [0.4, 0.5) is 11.4 Å². The maximum absolute atomic E-state index is 11.2. The lowest BCUT2D eigenvalue weighted by Gasteiger charge is -2.08. The second-order valence-electron chi connectivity index (χ2n) is 3.58. The van der Waals surface area contributed by atoms with Gasteiger partial charge < -0.3 is 16.2 Å². The van der Waals surface area contributed by atoms with E-state index in [0.717, 1.165) is 16.8 Å². The highest BCUT2D eigenvalue weighted by Gasteiger charge is 2.08. The summed E-state index contributed by atoms with van der Waals surface area (Å²) < 4.78 is 5.12. The van der Waals surface area contributed by atoms with Crippen LogP contribution < -0.4 is 16.2 Å². The fourth-order valence-electron chi connectivity index (χ4n) is 1.60. The van der Waals surface area contributed by atoms with Crippen molar-refractivity contribution < 1.29 is 9.53 Å². The number of benzene rings is 2. The topological polar surface area (TPSA) is 78.3 Å². The van der Waals surface area contributed by atoms with Crippen molar-refractivity contribution in [3.63, 3.8) is 0 Å². The molecule has 0 amide bonds. The van der Waals surface area contributed by atoms with E-state index in [9.17, 15) is 4.79 Å². The third-order valence-electron chi connectivity index (χ3n) is 2.41. The second-order valence-corrected chi connectivity index (χ2v) is 3.58. The van der Waals surface area contributed by atoms with Crippen molar-refractivity contribution in [2.24, 2.45) is 0 Å². The summed E-state index contributed by atoms with van der Waals surface area (Å²) >= 11 is 0. The summed E-state index contributed by atoms with van der Waals surface area (Å²) in [5, 5.41) is 1.51. The Kier molecular flexibility index (Phi) is 2.70. The Hall–Kier alpha value is -2.49. The molecule has 0 saturated heterocycles. The van der Waals surface area contributed by atoms with Crippen molar-refractivity contribution in [2.45, 2.75) is 0 Å². The SMILES string of the molecule is C=CC(=O)Oc1ccc(N)c2cc(N)ccc12. The molecule has 86 valence electrons. The van der Waals surface area contributed by atoms with Crippen LogP contribution in [0.15, 0.2) is 43.0 Å². The summed E-state index contributed by atoms with van der Waals surface area (Å²) in [5.74, 6) is -0.0630. The first-order valence-corrected chi connectivity index (χ1v) is 5.04. The molecule has 0 heterocycles. The Morgan fingerprint density at radius 1 is 1.18 bits per heavy atom. The normalized spacial score (nSPS) is 10.1. The van der Waals surface area contributed by atoms with Crippen LogP contribution in [-0.4, -0.2) is 5.97 Å². The molecule has 2 rings (SSSR count). The number of fused-ring (bicyclic) bond motifs is 1. The van der Waals surface area contributed by atoms with Gasteiger partial charge in [0.1, 0.15) is 5.75 Å². The zero-order chi connectivity index (χ0) is 12.4. The van der Waals surface area contributed by atoms with Gasteiger partial charge in [-0.1, -0.05) is 6.58 Å². The molecule has 4 heteroatoms. The van der Waals surface area contributed by atoms with Gasteiger partial charge in [-0.3, -0.25) is 0 Å². The number of hydrogen-bond acceptors (Lipinski definition) is 4. The first kappa shape index (κ1) is 11.0. The molecular weight excluding hydrogens is 216 g/mol. The zero-order valence-corrected chi connectivity index (χ0v) is 9.14. The van der Waals surface area contributed by atoms with Crippen molar-refractivity contribution in [2.75, 3.05) is 11.5 Å². The van der Waals surface area contributed by atoms with Crippen LogP contribution in [0.25, 0.3) is 10.8 Å². The van der Waals surface area contributed by atoms with Gasteiger partial charge in [0.25, 0.3) is 0 Å². The van der Waals surface area contributed by atoms with Crippen molar-refractivity contribution in [3.05, 3.63) is 43.0 Å². The lowest BCUT2D eigenvalue weighted by Crippen LogP contribution is -2.04. The number of hydrogen-bond donors (Lipinski definition) is 2. The van der Waals surface area contributed by atoms with E-state index < -0.39 is 5.97 Å².